The van der Waals surface area contributed by atoms with Crippen molar-refractivity contribution >= 4 is 17.7 Å². The van der Waals surface area contributed by atoms with Gasteiger partial charge in [-0.3, -0.25) is 4.79 Å². The van der Waals surface area contributed by atoms with Gasteiger partial charge in [-0.1, -0.05) is 25.0 Å². The molecule has 1 aromatic carbocycles. The van der Waals surface area contributed by atoms with Crippen LogP contribution < -0.4 is 11.1 Å². The maximum atomic E-state index is 12.3. The summed E-state index contributed by atoms with van der Waals surface area (Å²) >= 11 is 1.59. The van der Waals surface area contributed by atoms with Crippen molar-refractivity contribution in [3.05, 3.63) is 29.8 Å². The van der Waals surface area contributed by atoms with Gasteiger partial charge >= 0.3 is 0 Å². The molecule has 3 nitrogen and oxygen atoms in total. The lowest BCUT2D eigenvalue weighted by Gasteiger charge is -2.29. The maximum absolute atomic E-state index is 12.3. The van der Waals surface area contributed by atoms with Gasteiger partial charge in [-0.05, 0) is 31.2 Å². The molecule has 0 bridgehead atoms. The summed E-state index contributed by atoms with van der Waals surface area (Å²) in [6.45, 7) is 0. The molecule has 1 saturated carbocycles. The number of carbonyl (C=O) groups is 1. The first-order valence-corrected chi connectivity index (χ1v) is 7.64. The molecule has 1 aliphatic rings. The summed E-state index contributed by atoms with van der Waals surface area (Å²) in [7, 11) is 0. The molecule has 1 fully saturated rings. The molecule has 1 amide bonds. The predicted molar refractivity (Wildman–Crippen MR) is 75.9 cm³/mol. The van der Waals surface area contributed by atoms with Gasteiger partial charge in [-0.2, -0.15) is 0 Å². The van der Waals surface area contributed by atoms with E-state index in [1.807, 2.05) is 30.5 Å². The third-order valence-corrected chi connectivity index (χ3v) is 4.28. The van der Waals surface area contributed by atoms with Crippen molar-refractivity contribution in [2.75, 3.05) is 6.26 Å². The minimum Gasteiger partial charge on any atom is -0.348 e. The van der Waals surface area contributed by atoms with Gasteiger partial charge in [0.1, 0.15) is 0 Å². The van der Waals surface area contributed by atoms with E-state index in [4.69, 9.17) is 5.73 Å². The van der Waals surface area contributed by atoms with Gasteiger partial charge < -0.3 is 11.1 Å². The molecule has 0 aromatic heterocycles. The highest BCUT2D eigenvalue weighted by Gasteiger charge is 2.24. The van der Waals surface area contributed by atoms with Gasteiger partial charge in [-0.15, -0.1) is 11.8 Å². The highest BCUT2D eigenvalue weighted by molar-refractivity contribution is 7.98. The number of benzene rings is 1. The SMILES string of the molecule is CSc1ccccc1C(=O)N[C@@H]1CCCC[C@H]1N. The third-order valence-electron chi connectivity index (χ3n) is 3.49. The van der Waals surface area contributed by atoms with E-state index in [-0.39, 0.29) is 18.0 Å². The molecule has 2 atom stereocenters. The summed E-state index contributed by atoms with van der Waals surface area (Å²) in [5, 5.41) is 3.08. The first-order chi connectivity index (χ1) is 8.72. The Morgan fingerprint density at radius 3 is 2.78 bits per heavy atom. The number of carbonyl (C=O) groups excluding carboxylic acids is 1. The summed E-state index contributed by atoms with van der Waals surface area (Å²) in [5.74, 6) is 0.00213. The van der Waals surface area contributed by atoms with Crippen molar-refractivity contribution in [2.24, 2.45) is 5.73 Å². The number of rotatable bonds is 3. The highest BCUT2D eigenvalue weighted by atomic mass is 32.2. The van der Waals surface area contributed by atoms with E-state index in [0.29, 0.717) is 0 Å². The molecule has 0 saturated heterocycles. The molecule has 3 N–H and O–H groups in total. The van der Waals surface area contributed by atoms with Crippen LogP contribution in [0.5, 0.6) is 0 Å². The molecule has 18 heavy (non-hydrogen) atoms. The van der Waals surface area contributed by atoms with Gasteiger partial charge in [0.25, 0.3) is 5.91 Å². The van der Waals surface area contributed by atoms with Crippen LogP contribution >= 0.6 is 11.8 Å². The summed E-state index contributed by atoms with van der Waals surface area (Å²) in [4.78, 5) is 13.3. The largest absolute Gasteiger partial charge is 0.348 e. The van der Waals surface area contributed by atoms with Crippen molar-refractivity contribution in [2.45, 2.75) is 42.7 Å². The van der Waals surface area contributed by atoms with Crippen LogP contribution in [0.1, 0.15) is 36.0 Å². The van der Waals surface area contributed by atoms with Crippen LogP contribution in [0.2, 0.25) is 0 Å². The second-order valence-electron chi connectivity index (χ2n) is 4.73. The second kappa shape index (κ2) is 6.25. The number of nitrogens with one attached hydrogen (secondary N) is 1. The molecular formula is C14H20N2OS. The molecule has 1 aliphatic carbocycles. The minimum atomic E-state index is 0.00213. The first kappa shape index (κ1) is 13.4. The summed E-state index contributed by atoms with van der Waals surface area (Å²) in [6.07, 6.45) is 6.32. The predicted octanol–water partition coefficient (Wildman–Crippen LogP) is 2.41. The number of nitrogens with two attached hydrogens (primary N) is 1. The smallest absolute Gasteiger partial charge is 0.252 e. The van der Waals surface area contributed by atoms with Gasteiger partial charge in [-0.25, -0.2) is 0 Å². The van der Waals surface area contributed by atoms with Gasteiger partial charge in [0.15, 0.2) is 0 Å². The van der Waals surface area contributed by atoms with Crippen LogP contribution in [0.25, 0.3) is 0 Å². The van der Waals surface area contributed by atoms with E-state index < -0.39 is 0 Å². The van der Waals surface area contributed by atoms with E-state index in [2.05, 4.69) is 5.32 Å². The summed E-state index contributed by atoms with van der Waals surface area (Å²) in [6, 6.07) is 7.92. The Bertz CT molecular complexity index is 422. The number of hydrogen-bond acceptors (Lipinski definition) is 3. The van der Waals surface area contributed by atoms with Crippen LogP contribution in [0.3, 0.4) is 0 Å². The molecule has 0 aliphatic heterocycles. The van der Waals surface area contributed by atoms with E-state index in [1.54, 1.807) is 11.8 Å². The number of hydrogen-bond donors (Lipinski definition) is 2. The van der Waals surface area contributed by atoms with Gasteiger partial charge in [0, 0.05) is 17.0 Å². The van der Waals surface area contributed by atoms with E-state index in [9.17, 15) is 4.79 Å². The molecule has 0 heterocycles. The molecular weight excluding hydrogens is 244 g/mol. The quantitative estimate of drug-likeness (QED) is 0.824. The summed E-state index contributed by atoms with van der Waals surface area (Å²) < 4.78 is 0. The number of amides is 1. The zero-order valence-electron chi connectivity index (χ0n) is 10.7. The molecule has 2 rings (SSSR count). The van der Waals surface area contributed by atoms with Crippen LogP contribution in [0.15, 0.2) is 29.2 Å². The van der Waals surface area contributed by atoms with Crippen LogP contribution in [0, 0.1) is 0 Å². The average molecular weight is 264 g/mol. The standard InChI is InChI=1S/C14H20N2OS/c1-18-13-9-5-2-6-10(13)14(17)16-12-8-4-3-7-11(12)15/h2,5-6,9,11-12H,3-4,7-8,15H2,1H3,(H,16,17)/t11-,12-/m1/s1. The summed E-state index contributed by atoms with van der Waals surface area (Å²) in [5.41, 5.74) is 6.81. The Kier molecular flexibility index (Phi) is 4.66. The van der Waals surface area contributed by atoms with Crippen LogP contribution in [-0.2, 0) is 0 Å². The molecule has 0 spiro atoms. The fourth-order valence-corrected chi connectivity index (χ4v) is 3.01. The van der Waals surface area contributed by atoms with E-state index >= 15 is 0 Å². The van der Waals surface area contributed by atoms with Crippen molar-refractivity contribution < 1.29 is 4.79 Å². The lowest BCUT2D eigenvalue weighted by atomic mass is 9.91. The van der Waals surface area contributed by atoms with E-state index in [1.165, 1.54) is 6.42 Å². The monoisotopic (exact) mass is 264 g/mol. The maximum Gasteiger partial charge on any atom is 0.252 e. The zero-order valence-corrected chi connectivity index (χ0v) is 11.5. The Balaban J connectivity index is 2.07. The minimum absolute atomic E-state index is 0.00213. The molecule has 0 radical (unpaired) electrons. The average Bonchev–Trinajstić information content (AvgIpc) is 2.41. The van der Waals surface area contributed by atoms with Crippen LogP contribution in [-0.4, -0.2) is 24.2 Å². The first-order valence-electron chi connectivity index (χ1n) is 6.42. The number of thioether (sulfide) groups is 1. The zero-order chi connectivity index (χ0) is 13.0. The fourth-order valence-electron chi connectivity index (χ4n) is 2.42. The molecule has 0 unspecified atom stereocenters. The van der Waals surface area contributed by atoms with Gasteiger partial charge in [0.05, 0.1) is 5.56 Å². The third kappa shape index (κ3) is 3.06. The lowest BCUT2D eigenvalue weighted by molar-refractivity contribution is 0.0918. The Labute approximate surface area is 113 Å². The molecule has 98 valence electrons. The van der Waals surface area contributed by atoms with Crippen molar-refractivity contribution in [3.63, 3.8) is 0 Å². The Morgan fingerprint density at radius 2 is 2.06 bits per heavy atom. The normalized spacial score (nSPS) is 23.7. The molecule has 4 heteroatoms. The molecule has 1 aromatic rings. The van der Waals surface area contributed by atoms with Gasteiger partial charge in [0.2, 0.25) is 0 Å². The second-order valence-corrected chi connectivity index (χ2v) is 5.58. The Morgan fingerprint density at radius 1 is 1.33 bits per heavy atom. The fraction of sp³-hybridized carbons (Fsp3) is 0.500. The van der Waals surface area contributed by atoms with Crippen LogP contribution in [0.4, 0.5) is 0 Å². The van der Waals surface area contributed by atoms with E-state index in [0.717, 1.165) is 29.7 Å². The van der Waals surface area contributed by atoms with Crippen molar-refractivity contribution in [1.82, 2.24) is 5.32 Å². The van der Waals surface area contributed by atoms with Crippen molar-refractivity contribution in [3.8, 4) is 0 Å². The topological polar surface area (TPSA) is 55.1 Å². The lowest BCUT2D eigenvalue weighted by Crippen LogP contribution is -2.49. The van der Waals surface area contributed by atoms with Crippen molar-refractivity contribution in [1.29, 1.82) is 0 Å². The highest BCUT2D eigenvalue weighted by Crippen LogP contribution is 2.21. The Hall–Kier alpha value is -1.00.